The molecule has 0 radical (unpaired) electrons. The number of aryl methyl sites for hydroxylation is 1. The van der Waals surface area contributed by atoms with Crippen molar-refractivity contribution in [3.05, 3.63) is 56.7 Å². The molecule has 1 saturated heterocycles. The number of carbonyl (C=O) groups is 3. The van der Waals surface area contributed by atoms with Crippen LogP contribution in [0.3, 0.4) is 0 Å². The van der Waals surface area contributed by atoms with Gasteiger partial charge in [-0.3, -0.25) is 24.6 Å². The van der Waals surface area contributed by atoms with E-state index >= 15 is 0 Å². The molecular formula is C20H16N2O8S2. The van der Waals surface area contributed by atoms with Crippen molar-refractivity contribution in [1.29, 1.82) is 0 Å². The molecule has 0 aliphatic carbocycles. The lowest BCUT2D eigenvalue weighted by Crippen LogP contribution is -2.44. The minimum Gasteiger partial charge on any atom is -0.481 e. The van der Waals surface area contributed by atoms with Gasteiger partial charge in [0.25, 0.3) is 11.6 Å². The predicted molar refractivity (Wildman–Crippen MR) is 119 cm³/mol. The molecule has 0 saturated carbocycles. The average molecular weight is 476 g/mol. The van der Waals surface area contributed by atoms with Crippen molar-refractivity contribution in [2.24, 2.45) is 0 Å². The Morgan fingerprint density at radius 1 is 1.31 bits per heavy atom. The summed E-state index contributed by atoms with van der Waals surface area (Å²) in [6.45, 7) is 1.73. The van der Waals surface area contributed by atoms with Crippen LogP contribution in [-0.4, -0.2) is 48.2 Å². The molecule has 1 aliphatic heterocycles. The first kappa shape index (κ1) is 23.2. The molecule has 1 fully saturated rings. The molecule has 1 aliphatic rings. The fourth-order valence-corrected chi connectivity index (χ4v) is 4.41. The molecular weight excluding hydrogens is 460 g/mol. The molecule has 3 rings (SSSR count). The number of nitrogens with zero attached hydrogens (tertiary/aromatic N) is 2. The van der Waals surface area contributed by atoms with Gasteiger partial charge in [-0.05, 0) is 37.1 Å². The monoisotopic (exact) mass is 476 g/mol. The van der Waals surface area contributed by atoms with Crippen LogP contribution in [0.25, 0.3) is 17.4 Å². The maximum Gasteiger partial charge on any atom is 0.326 e. The molecule has 2 aromatic rings. The lowest BCUT2D eigenvalue weighted by atomic mass is 10.1. The lowest BCUT2D eigenvalue weighted by molar-refractivity contribution is -0.384. The van der Waals surface area contributed by atoms with Crippen molar-refractivity contribution < 1.29 is 33.9 Å². The van der Waals surface area contributed by atoms with E-state index in [-0.39, 0.29) is 38.4 Å². The first-order chi connectivity index (χ1) is 15.1. The highest BCUT2D eigenvalue weighted by molar-refractivity contribution is 8.26. The molecule has 10 nitrogen and oxygen atoms in total. The summed E-state index contributed by atoms with van der Waals surface area (Å²) in [4.78, 5) is 47.0. The minimum absolute atomic E-state index is 0.0139. The zero-order valence-electron chi connectivity index (χ0n) is 16.5. The summed E-state index contributed by atoms with van der Waals surface area (Å²) in [5.41, 5.74) is 0.860. The molecule has 0 bridgehead atoms. The third-order valence-corrected chi connectivity index (χ3v) is 5.90. The number of amides is 1. The number of carboxylic acid groups (broad SMARTS) is 2. The van der Waals surface area contributed by atoms with E-state index in [0.29, 0.717) is 5.56 Å². The maximum atomic E-state index is 12.8. The third-order valence-electron chi connectivity index (χ3n) is 4.57. The van der Waals surface area contributed by atoms with Gasteiger partial charge < -0.3 is 14.6 Å². The van der Waals surface area contributed by atoms with Crippen LogP contribution in [0.5, 0.6) is 0 Å². The second-order valence-electron chi connectivity index (χ2n) is 6.82. The number of thioether (sulfide) groups is 1. The van der Waals surface area contributed by atoms with Crippen molar-refractivity contribution in [3.63, 3.8) is 0 Å². The van der Waals surface area contributed by atoms with E-state index in [2.05, 4.69) is 0 Å². The quantitative estimate of drug-likeness (QED) is 0.250. The molecule has 32 heavy (non-hydrogen) atoms. The standard InChI is InChI=1S/C20H16N2O8S2/c1-10-2-4-12(14(8-10)22(28)29)15-6-3-11(30-15)9-16-18(25)21(20(31)32-16)13(19(26)27)5-7-17(23)24/h2-4,6,8-9,13H,5,7H2,1H3,(H,23,24)(H,26,27)/b16-9-/t13-/m0/s1. The van der Waals surface area contributed by atoms with Crippen molar-refractivity contribution in [2.45, 2.75) is 25.8 Å². The topological polar surface area (TPSA) is 151 Å². The van der Waals surface area contributed by atoms with Gasteiger partial charge in [0.15, 0.2) is 0 Å². The molecule has 1 aromatic heterocycles. The zero-order valence-corrected chi connectivity index (χ0v) is 18.1. The highest BCUT2D eigenvalue weighted by Crippen LogP contribution is 2.37. The molecule has 166 valence electrons. The summed E-state index contributed by atoms with van der Waals surface area (Å²) in [7, 11) is 0. The molecule has 0 unspecified atom stereocenters. The van der Waals surface area contributed by atoms with Crippen molar-refractivity contribution >= 4 is 57.9 Å². The Morgan fingerprint density at radius 2 is 2.03 bits per heavy atom. The maximum absolute atomic E-state index is 12.8. The smallest absolute Gasteiger partial charge is 0.326 e. The fourth-order valence-electron chi connectivity index (χ4n) is 3.08. The van der Waals surface area contributed by atoms with Crippen LogP contribution >= 0.6 is 24.0 Å². The van der Waals surface area contributed by atoms with Gasteiger partial charge in [0.05, 0.1) is 15.4 Å². The second kappa shape index (κ2) is 9.32. The van der Waals surface area contributed by atoms with E-state index in [9.17, 15) is 29.6 Å². The summed E-state index contributed by atoms with van der Waals surface area (Å²) >= 11 is 6.00. The number of nitro groups is 1. The van der Waals surface area contributed by atoms with Gasteiger partial charge in [-0.15, -0.1) is 0 Å². The zero-order chi connectivity index (χ0) is 23.6. The van der Waals surface area contributed by atoms with Crippen LogP contribution < -0.4 is 0 Å². The number of aliphatic carboxylic acids is 2. The Labute approximate surface area is 190 Å². The Bertz CT molecular complexity index is 1170. The first-order valence-corrected chi connectivity index (χ1v) is 10.4. The summed E-state index contributed by atoms with van der Waals surface area (Å²) < 4.78 is 5.65. The predicted octanol–water partition coefficient (Wildman–Crippen LogP) is 3.68. The van der Waals surface area contributed by atoms with Crippen LogP contribution in [0.1, 0.15) is 24.2 Å². The van der Waals surface area contributed by atoms with E-state index < -0.39 is 35.2 Å². The van der Waals surface area contributed by atoms with E-state index in [0.717, 1.165) is 16.7 Å². The summed E-state index contributed by atoms with van der Waals surface area (Å²) in [5, 5.41) is 29.6. The Hall–Kier alpha value is -3.51. The number of hydrogen-bond donors (Lipinski definition) is 2. The number of carbonyl (C=O) groups excluding carboxylic acids is 1. The van der Waals surface area contributed by atoms with Crippen LogP contribution in [0.4, 0.5) is 5.69 Å². The Balaban J connectivity index is 1.88. The SMILES string of the molecule is Cc1ccc(-c2ccc(/C=C3\SC(=S)N([C@@H](CCC(=O)O)C(=O)O)C3=O)o2)c([N+](=O)[O-])c1. The third kappa shape index (κ3) is 4.86. The van der Waals surface area contributed by atoms with Crippen molar-refractivity contribution in [3.8, 4) is 11.3 Å². The highest BCUT2D eigenvalue weighted by atomic mass is 32.2. The van der Waals surface area contributed by atoms with Gasteiger partial charge in [0.2, 0.25) is 0 Å². The number of benzene rings is 1. The number of carboxylic acids is 2. The second-order valence-corrected chi connectivity index (χ2v) is 8.49. The van der Waals surface area contributed by atoms with Crippen LogP contribution in [0.15, 0.2) is 39.7 Å². The van der Waals surface area contributed by atoms with E-state index in [1.807, 2.05) is 0 Å². The molecule has 0 spiro atoms. The molecule has 1 amide bonds. The van der Waals surface area contributed by atoms with Gasteiger partial charge in [-0.2, -0.15) is 0 Å². The van der Waals surface area contributed by atoms with Gasteiger partial charge in [0.1, 0.15) is 21.9 Å². The molecule has 1 aromatic carbocycles. The van der Waals surface area contributed by atoms with E-state index in [1.54, 1.807) is 19.1 Å². The van der Waals surface area contributed by atoms with Gasteiger partial charge in [-0.25, -0.2) is 4.79 Å². The molecule has 2 N–H and O–H groups in total. The molecule has 1 atom stereocenters. The van der Waals surface area contributed by atoms with Crippen molar-refractivity contribution in [1.82, 2.24) is 4.90 Å². The van der Waals surface area contributed by atoms with Crippen LogP contribution in [0, 0.1) is 17.0 Å². The largest absolute Gasteiger partial charge is 0.481 e. The summed E-state index contributed by atoms with van der Waals surface area (Å²) in [6.07, 6.45) is 0.620. The lowest BCUT2D eigenvalue weighted by Gasteiger charge is -2.22. The van der Waals surface area contributed by atoms with Crippen LogP contribution in [-0.2, 0) is 14.4 Å². The number of furan rings is 1. The fraction of sp³-hybridized carbons (Fsp3) is 0.200. The number of nitro benzene ring substituents is 1. The number of rotatable bonds is 8. The molecule has 2 heterocycles. The highest BCUT2D eigenvalue weighted by Gasteiger charge is 2.40. The number of hydrogen-bond acceptors (Lipinski definition) is 8. The number of thiocarbonyl (C=S) groups is 1. The van der Waals surface area contributed by atoms with E-state index in [4.69, 9.17) is 21.7 Å². The van der Waals surface area contributed by atoms with Crippen molar-refractivity contribution in [2.75, 3.05) is 0 Å². The Kier molecular flexibility index (Phi) is 6.75. The summed E-state index contributed by atoms with van der Waals surface area (Å²) in [6, 6.07) is 6.33. The average Bonchev–Trinajstić information content (AvgIpc) is 3.27. The first-order valence-electron chi connectivity index (χ1n) is 9.15. The van der Waals surface area contributed by atoms with Crippen LogP contribution in [0.2, 0.25) is 0 Å². The molecule has 12 heteroatoms. The van der Waals surface area contributed by atoms with Gasteiger partial charge in [0, 0.05) is 18.6 Å². The summed E-state index contributed by atoms with van der Waals surface area (Å²) in [5.74, 6) is -2.80. The van der Waals surface area contributed by atoms with Gasteiger partial charge >= 0.3 is 11.9 Å². The van der Waals surface area contributed by atoms with Gasteiger partial charge in [-0.1, -0.05) is 30.0 Å². The Morgan fingerprint density at radius 3 is 2.66 bits per heavy atom. The minimum atomic E-state index is -1.41. The normalized spacial score (nSPS) is 15.9. The van der Waals surface area contributed by atoms with E-state index in [1.165, 1.54) is 24.3 Å².